The molecule has 1 atom stereocenters. The van der Waals surface area contributed by atoms with Gasteiger partial charge in [0.05, 0.1) is 25.1 Å². The molecule has 0 aliphatic carbocycles. The van der Waals surface area contributed by atoms with E-state index in [1.807, 2.05) is 29.2 Å². The predicted molar refractivity (Wildman–Crippen MR) is 118 cm³/mol. The highest BCUT2D eigenvalue weighted by molar-refractivity contribution is 5.60. The van der Waals surface area contributed by atoms with E-state index in [0.29, 0.717) is 38.1 Å². The summed E-state index contributed by atoms with van der Waals surface area (Å²) in [6.45, 7) is 2.16. The quantitative estimate of drug-likeness (QED) is 0.470. The lowest BCUT2D eigenvalue weighted by molar-refractivity contribution is 0.142. The number of halogens is 1. The number of ether oxygens (including phenoxy) is 1. The Labute approximate surface area is 188 Å². The smallest absolute Gasteiger partial charge is 0.255 e. The molecule has 1 fully saturated rings. The average Bonchev–Trinajstić information content (AvgIpc) is 3.26. The number of nitrogens with zero attached hydrogens (tertiary/aromatic N) is 6. The lowest BCUT2D eigenvalue weighted by Gasteiger charge is -2.26. The maximum Gasteiger partial charge on any atom is 0.255 e. The first-order valence-electron chi connectivity index (χ1n) is 10.5. The van der Waals surface area contributed by atoms with Gasteiger partial charge in [-0.1, -0.05) is 29.4 Å². The minimum absolute atomic E-state index is 0.0463. The Hall–Kier alpha value is -3.92. The second-order valence-electron chi connectivity index (χ2n) is 7.79. The number of pyridine rings is 1. The fourth-order valence-electron chi connectivity index (χ4n) is 3.93. The van der Waals surface area contributed by atoms with Gasteiger partial charge in [0, 0.05) is 49.4 Å². The van der Waals surface area contributed by atoms with Crippen molar-refractivity contribution in [3.8, 4) is 22.6 Å². The van der Waals surface area contributed by atoms with E-state index in [0.717, 1.165) is 17.3 Å². The normalized spacial score (nSPS) is 16.5. The molecule has 9 nitrogen and oxygen atoms in total. The Morgan fingerprint density at radius 2 is 2.03 bits per heavy atom. The van der Waals surface area contributed by atoms with Gasteiger partial charge in [-0.3, -0.25) is 14.3 Å². The predicted octanol–water partition coefficient (Wildman–Crippen LogP) is 2.65. The third kappa shape index (κ3) is 4.24. The first kappa shape index (κ1) is 21.0. The van der Waals surface area contributed by atoms with Gasteiger partial charge in [-0.2, -0.15) is 4.98 Å². The van der Waals surface area contributed by atoms with E-state index in [4.69, 9.17) is 9.26 Å². The maximum absolute atomic E-state index is 14.3. The number of hydrogen-bond donors (Lipinski definition) is 0. The summed E-state index contributed by atoms with van der Waals surface area (Å²) in [6, 6.07) is 10.8. The van der Waals surface area contributed by atoms with Crippen LogP contribution in [0.25, 0.3) is 22.6 Å². The lowest BCUT2D eigenvalue weighted by Crippen LogP contribution is -2.35. The second-order valence-corrected chi connectivity index (χ2v) is 7.79. The van der Waals surface area contributed by atoms with E-state index >= 15 is 0 Å². The third-order valence-electron chi connectivity index (χ3n) is 5.71. The van der Waals surface area contributed by atoms with Crippen LogP contribution in [0.1, 0.15) is 11.5 Å². The van der Waals surface area contributed by atoms with Gasteiger partial charge >= 0.3 is 0 Å². The van der Waals surface area contributed by atoms with E-state index in [1.165, 1.54) is 29.3 Å². The SMILES string of the molecule is Cn1c(N2CCOCC(c3ccc(-c4ncon4)cc3)C2)nc(-c2ccncc2F)cc1=O. The van der Waals surface area contributed by atoms with Crippen molar-refractivity contribution in [3.63, 3.8) is 0 Å². The molecule has 0 saturated carbocycles. The summed E-state index contributed by atoms with van der Waals surface area (Å²) in [7, 11) is 1.66. The lowest BCUT2D eigenvalue weighted by atomic mass is 9.98. The average molecular weight is 448 g/mol. The minimum Gasteiger partial charge on any atom is -0.379 e. The molecule has 33 heavy (non-hydrogen) atoms. The van der Waals surface area contributed by atoms with Gasteiger partial charge < -0.3 is 14.2 Å². The molecule has 0 spiro atoms. The molecule has 1 aliphatic heterocycles. The van der Waals surface area contributed by atoms with Crippen molar-refractivity contribution in [2.75, 3.05) is 31.2 Å². The molecule has 5 rings (SSSR count). The van der Waals surface area contributed by atoms with Crippen molar-refractivity contribution < 1.29 is 13.7 Å². The zero-order valence-corrected chi connectivity index (χ0v) is 17.9. The van der Waals surface area contributed by atoms with Crippen molar-refractivity contribution in [2.45, 2.75) is 5.92 Å². The molecule has 3 aromatic heterocycles. The van der Waals surface area contributed by atoms with Gasteiger partial charge in [-0.05, 0) is 11.6 Å². The Morgan fingerprint density at radius 1 is 1.18 bits per heavy atom. The molecule has 168 valence electrons. The molecule has 1 unspecified atom stereocenters. The second kappa shape index (κ2) is 8.91. The third-order valence-corrected chi connectivity index (χ3v) is 5.71. The van der Waals surface area contributed by atoms with E-state index in [1.54, 1.807) is 7.05 Å². The van der Waals surface area contributed by atoms with Crippen LogP contribution in [0.3, 0.4) is 0 Å². The molecule has 4 heterocycles. The first-order valence-corrected chi connectivity index (χ1v) is 10.5. The van der Waals surface area contributed by atoms with Crippen LogP contribution >= 0.6 is 0 Å². The monoisotopic (exact) mass is 448 g/mol. The number of hydrogen-bond acceptors (Lipinski definition) is 8. The van der Waals surface area contributed by atoms with Crippen LogP contribution in [-0.2, 0) is 11.8 Å². The van der Waals surface area contributed by atoms with Gasteiger partial charge in [0.1, 0.15) is 0 Å². The minimum atomic E-state index is -0.525. The van der Waals surface area contributed by atoms with Crippen molar-refractivity contribution in [3.05, 3.63) is 76.9 Å². The Morgan fingerprint density at radius 3 is 2.79 bits per heavy atom. The van der Waals surface area contributed by atoms with Crippen LogP contribution in [-0.4, -0.2) is 51.0 Å². The van der Waals surface area contributed by atoms with Gasteiger partial charge in [0.25, 0.3) is 5.56 Å². The molecule has 10 heteroatoms. The molecular formula is C23H21FN6O3. The Kier molecular flexibility index (Phi) is 5.66. The van der Waals surface area contributed by atoms with Crippen LogP contribution in [0.15, 0.2) is 64.5 Å². The summed E-state index contributed by atoms with van der Waals surface area (Å²) in [4.78, 5) is 27.2. The fourth-order valence-corrected chi connectivity index (χ4v) is 3.93. The molecule has 1 saturated heterocycles. The van der Waals surface area contributed by atoms with E-state index in [9.17, 15) is 9.18 Å². The summed E-state index contributed by atoms with van der Waals surface area (Å²) in [5.74, 6) is 0.514. The van der Waals surface area contributed by atoms with Crippen LogP contribution < -0.4 is 10.5 Å². The van der Waals surface area contributed by atoms with Gasteiger partial charge in [0.15, 0.2) is 5.82 Å². The standard InChI is InChI=1S/C23H21FN6O3/c1-29-21(31)10-20(18-6-7-25-11-19(18)24)27-23(29)30-8-9-32-13-17(12-30)15-2-4-16(5-3-15)22-26-14-33-28-22/h2-7,10-11,14,17H,8-9,12-13H2,1H3. The summed E-state index contributed by atoms with van der Waals surface area (Å²) < 4.78 is 26.5. The molecular weight excluding hydrogens is 427 g/mol. The van der Waals surface area contributed by atoms with E-state index < -0.39 is 5.82 Å². The van der Waals surface area contributed by atoms with E-state index in [2.05, 4.69) is 20.1 Å². The zero-order chi connectivity index (χ0) is 22.8. The van der Waals surface area contributed by atoms with Crippen LogP contribution in [0.5, 0.6) is 0 Å². The van der Waals surface area contributed by atoms with Crippen molar-refractivity contribution in [2.24, 2.45) is 7.05 Å². The molecule has 4 aromatic rings. The number of aromatic nitrogens is 5. The molecule has 0 amide bonds. The number of rotatable bonds is 4. The molecule has 1 aromatic carbocycles. The Balaban J connectivity index is 1.46. The summed E-state index contributed by atoms with van der Waals surface area (Å²) in [6.07, 6.45) is 3.89. The number of anilines is 1. The van der Waals surface area contributed by atoms with Crippen molar-refractivity contribution >= 4 is 5.95 Å². The zero-order valence-electron chi connectivity index (χ0n) is 17.9. The van der Waals surface area contributed by atoms with Gasteiger partial charge in [0.2, 0.25) is 18.2 Å². The molecule has 0 bridgehead atoms. The van der Waals surface area contributed by atoms with Crippen molar-refractivity contribution in [1.29, 1.82) is 0 Å². The molecule has 0 radical (unpaired) electrons. The summed E-state index contributed by atoms with van der Waals surface area (Å²) in [5.41, 5.74) is 2.19. The highest BCUT2D eigenvalue weighted by Gasteiger charge is 2.24. The van der Waals surface area contributed by atoms with Crippen LogP contribution in [0.4, 0.5) is 10.3 Å². The van der Waals surface area contributed by atoms with Crippen LogP contribution in [0.2, 0.25) is 0 Å². The van der Waals surface area contributed by atoms with Gasteiger partial charge in [-0.15, -0.1) is 0 Å². The molecule has 1 aliphatic rings. The fraction of sp³-hybridized carbons (Fsp3) is 0.261. The topological polar surface area (TPSA) is 99.2 Å². The Bertz CT molecular complexity index is 1310. The highest BCUT2D eigenvalue weighted by atomic mass is 19.1. The van der Waals surface area contributed by atoms with Crippen molar-refractivity contribution in [1.82, 2.24) is 24.7 Å². The largest absolute Gasteiger partial charge is 0.379 e. The summed E-state index contributed by atoms with van der Waals surface area (Å²) in [5, 5.41) is 3.86. The first-order chi connectivity index (χ1) is 16.1. The van der Waals surface area contributed by atoms with Crippen LogP contribution in [0, 0.1) is 5.82 Å². The maximum atomic E-state index is 14.3. The summed E-state index contributed by atoms with van der Waals surface area (Å²) >= 11 is 0. The number of benzene rings is 1. The molecule has 0 N–H and O–H groups in total. The highest BCUT2D eigenvalue weighted by Crippen LogP contribution is 2.26. The van der Waals surface area contributed by atoms with E-state index in [-0.39, 0.29) is 22.7 Å². The van der Waals surface area contributed by atoms with Gasteiger partial charge in [-0.25, -0.2) is 9.37 Å².